The summed E-state index contributed by atoms with van der Waals surface area (Å²) in [4.78, 5) is 0. The van der Waals surface area contributed by atoms with Gasteiger partial charge in [0.25, 0.3) is 0 Å². The van der Waals surface area contributed by atoms with Crippen LogP contribution in [0.3, 0.4) is 0 Å². The third-order valence-corrected chi connectivity index (χ3v) is 4.85. The number of unbranched alkanes of at least 4 members (excludes halogenated alkanes) is 2. The van der Waals surface area contributed by atoms with E-state index in [1.54, 1.807) is 0 Å². The van der Waals surface area contributed by atoms with Crippen molar-refractivity contribution in [3.63, 3.8) is 0 Å². The molecule has 0 fully saturated rings. The number of hydrogen-bond acceptors (Lipinski definition) is 1. The molecule has 0 atom stereocenters. The first-order chi connectivity index (χ1) is 5.62. The van der Waals surface area contributed by atoms with Crippen LogP contribution >= 0.6 is 0 Å². The van der Waals surface area contributed by atoms with Crippen LogP contribution in [-0.2, 0) is 4.43 Å². The van der Waals surface area contributed by atoms with Crippen LogP contribution in [0.15, 0.2) is 12.2 Å². The van der Waals surface area contributed by atoms with Gasteiger partial charge in [0, 0.05) is 7.11 Å². The second kappa shape index (κ2) is 6.43. The van der Waals surface area contributed by atoms with Crippen molar-refractivity contribution in [1.82, 2.24) is 0 Å². The van der Waals surface area contributed by atoms with Crippen LogP contribution in [0.25, 0.3) is 0 Å². The highest BCUT2D eigenvalue weighted by Crippen LogP contribution is 2.14. The van der Waals surface area contributed by atoms with Crippen molar-refractivity contribution in [3.8, 4) is 0 Å². The lowest BCUT2D eigenvalue weighted by molar-refractivity contribution is 0.401. The molecule has 0 radical (unpaired) electrons. The first-order valence-corrected chi connectivity index (χ1v) is 7.90. The Morgan fingerprint density at radius 3 is 2.42 bits per heavy atom. The predicted molar refractivity (Wildman–Crippen MR) is 58.0 cm³/mol. The normalized spacial score (nSPS) is 12.7. The molecule has 72 valence electrons. The molecule has 0 aliphatic carbocycles. The summed E-state index contributed by atoms with van der Waals surface area (Å²) in [6, 6.07) is 1.29. The van der Waals surface area contributed by atoms with Crippen molar-refractivity contribution < 1.29 is 4.43 Å². The maximum Gasteiger partial charge on any atom is 0.186 e. The minimum Gasteiger partial charge on any atom is -0.420 e. The van der Waals surface area contributed by atoms with Crippen LogP contribution in [0.2, 0.25) is 19.1 Å². The van der Waals surface area contributed by atoms with Crippen LogP contribution in [0.1, 0.15) is 26.2 Å². The van der Waals surface area contributed by atoms with Gasteiger partial charge in [-0.25, -0.2) is 0 Å². The highest BCUT2D eigenvalue weighted by molar-refractivity contribution is 6.71. The van der Waals surface area contributed by atoms with E-state index in [-0.39, 0.29) is 0 Å². The van der Waals surface area contributed by atoms with Gasteiger partial charge >= 0.3 is 0 Å². The van der Waals surface area contributed by atoms with Crippen LogP contribution in [-0.4, -0.2) is 15.4 Å². The zero-order valence-corrected chi connectivity index (χ0v) is 9.89. The van der Waals surface area contributed by atoms with Gasteiger partial charge in [0.05, 0.1) is 0 Å². The highest BCUT2D eigenvalue weighted by atomic mass is 28.4. The van der Waals surface area contributed by atoms with E-state index in [1.165, 1.54) is 25.3 Å². The summed E-state index contributed by atoms with van der Waals surface area (Å²) >= 11 is 0. The molecule has 12 heavy (non-hydrogen) atoms. The summed E-state index contributed by atoms with van der Waals surface area (Å²) in [5.74, 6) is 0. The molecule has 0 aromatic carbocycles. The lowest BCUT2D eigenvalue weighted by Crippen LogP contribution is -2.27. The molecule has 0 aliphatic rings. The van der Waals surface area contributed by atoms with Gasteiger partial charge in [-0.3, -0.25) is 0 Å². The van der Waals surface area contributed by atoms with E-state index in [1.807, 2.05) is 7.11 Å². The average Bonchev–Trinajstić information content (AvgIpc) is 2.04. The smallest absolute Gasteiger partial charge is 0.186 e. The zero-order valence-electron chi connectivity index (χ0n) is 8.89. The Balaban J connectivity index is 3.30. The van der Waals surface area contributed by atoms with Gasteiger partial charge in [0.15, 0.2) is 8.32 Å². The molecule has 1 nitrogen and oxygen atoms in total. The quantitative estimate of drug-likeness (QED) is 0.350. The zero-order chi connectivity index (χ0) is 9.45. The largest absolute Gasteiger partial charge is 0.420 e. The third kappa shape index (κ3) is 6.62. The van der Waals surface area contributed by atoms with Gasteiger partial charge in [-0.1, -0.05) is 25.0 Å². The molecule has 0 heterocycles. The Kier molecular flexibility index (Phi) is 6.39. The van der Waals surface area contributed by atoms with Crippen LogP contribution in [0, 0.1) is 0 Å². The van der Waals surface area contributed by atoms with Gasteiger partial charge in [0.1, 0.15) is 0 Å². The maximum atomic E-state index is 5.47. The van der Waals surface area contributed by atoms with Crippen molar-refractivity contribution in [3.05, 3.63) is 12.2 Å². The Hall–Kier alpha value is -0.0831. The summed E-state index contributed by atoms with van der Waals surface area (Å²) in [5, 5.41) is 0. The molecule has 0 saturated carbocycles. The standard InChI is InChI=1S/C10H22OSi/c1-5-6-7-8-9-10-12(3,4)11-2/h5-6H,7-10H2,1-4H3. The topological polar surface area (TPSA) is 9.23 Å². The molecule has 0 spiro atoms. The van der Waals surface area contributed by atoms with Crippen molar-refractivity contribution in [1.29, 1.82) is 0 Å². The van der Waals surface area contributed by atoms with E-state index in [2.05, 4.69) is 32.2 Å². The Bertz CT molecular complexity index is 130. The van der Waals surface area contributed by atoms with E-state index in [4.69, 9.17) is 4.43 Å². The van der Waals surface area contributed by atoms with Crippen LogP contribution in [0.5, 0.6) is 0 Å². The minimum atomic E-state index is -1.26. The van der Waals surface area contributed by atoms with Gasteiger partial charge < -0.3 is 4.43 Å². The molecule has 2 heteroatoms. The average molecular weight is 186 g/mol. The number of rotatable bonds is 6. The lowest BCUT2D eigenvalue weighted by atomic mass is 10.2. The Morgan fingerprint density at radius 1 is 1.25 bits per heavy atom. The number of allylic oxidation sites excluding steroid dienone is 2. The fraction of sp³-hybridized carbons (Fsp3) is 0.800. The monoisotopic (exact) mass is 186 g/mol. The molecule has 0 N–H and O–H groups in total. The van der Waals surface area contributed by atoms with Gasteiger partial charge in [-0.2, -0.15) is 0 Å². The fourth-order valence-corrected chi connectivity index (χ4v) is 2.39. The Morgan fingerprint density at radius 2 is 1.92 bits per heavy atom. The molecular weight excluding hydrogens is 164 g/mol. The van der Waals surface area contributed by atoms with E-state index in [9.17, 15) is 0 Å². The molecule has 0 amide bonds. The second-order valence-electron chi connectivity index (χ2n) is 3.78. The maximum absolute atomic E-state index is 5.47. The molecule has 0 saturated heterocycles. The van der Waals surface area contributed by atoms with Crippen molar-refractivity contribution in [2.24, 2.45) is 0 Å². The van der Waals surface area contributed by atoms with E-state index >= 15 is 0 Å². The molecular formula is C10H22OSi. The predicted octanol–water partition coefficient (Wildman–Crippen LogP) is 3.58. The first kappa shape index (κ1) is 11.9. The van der Waals surface area contributed by atoms with Crippen molar-refractivity contribution in [2.75, 3.05) is 7.11 Å². The van der Waals surface area contributed by atoms with Gasteiger partial charge in [-0.15, -0.1) is 0 Å². The summed E-state index contributed by atoms with van der Waals surface area (Å²) < 4.78 is 5.47. The SMILES string of the molecule is CC=CCCCC[Si](C)(C)OC. The van der Waals surface area contributed by atoms with Crippen LogP contribution in [0.4, 0.5) is 0 Å². The highest BCUT2D eigenvalue weighted by Gasteiger charge is 2.18. The fourth-order valence-electron chi connectivity index (χ4n) is 1.08. The minimum absolute atomic E-state index is 1.23. The van der Waals surface area contributed by atoms with Gasteiger partial charge in [0.2, 0.25) is 0 Å². The molecule has 0 aromatic rings. The van der Waals surface area contributed by atoms with Gasteiger partial charge in [-0.05, 0) is 32.5 Å². The summed E-state index contributed by atoms with van der Waals surface area (Å²) in [6.45, 7) is 6.64. The lowest BCUT2D eigenvalue weighted by Gasteiger charge is -2.19. The molecule has 0 unspecified atom stereocenters. The molecule has 0 rings (SSSR count). The van der Waals surface area contributed by atoms with Crippen molar-refractivity contribution in [2.45, 2.75) is 45.3 Å². The summed E-state index contributed by atoms with van der Waals surface area (Å²) in [5.41, 5.74) is 0. The van der Waals surface area contributed by atoms with E-state index in [0.717, 1.165) is 0 Å². The molecule has 0 aliphatic heterocycles. The number of hydrogen-bond donors (Lipinski definition) is 0. The Labute approximate surface area is 78.0 Å². The van der Waals surface area contributed by atoms with Crippen LogP contribution < -0.4 is 0 Å². The van der Waals surface area contributed by atoms with E-state index < -0.39 is 8.32 Å². The van der Waals surface area contributed by atoms with E-state index in [0.29, 0.717) is 0 Å². The third-order valence-electron chi connectivity index (χ3n) is 2.19. The summed E-state index contributed by atoms with van der Waals surface area (Å²) in [6.07, 6.45) is 8.21. The molecule has 0 aromatic heterocycles. The van der Waals surface area contributed by atoms with Crippen molar-refractivity contribution >= 4 is 8.32 Å². The first-order valence-electron chi connectivity index (χ1n) is 4.78. The summed E-state index contributed by atoms with van der Waals surface area (Å²) in [7, 11) is 0.584. The second-order valence-corrected chi connectivity index (χ2v) is 8.21. The molecule has 0 bridgehead atoms.